The average molecular weight is 755 g/mol. The minimum absolute atomic E-state index is 0.0312. The molecule has 0 spiro atoms. The number of hydrogen-bond donors (Lipinski definition) is 4. The summed E-state index contributed by atoms with van der Waals surface area (Å²) >= 11 is 6.73. The number of carbonyl (C=O) groups is 1. The highest BCUT2D eigenvalue weighted by Gasteiger charge is 2.39. The first-order valence-electron chi connectivity index (χ1n) is 18.3. The number of nitrogens with zero attached hydrogens (tertiary/aromatic N) is 3. The molecule has 3 aromatic carbocycles. The van der Waals surface area contributed by atoms with Crippen LogP contribution in [0.5, 0.6) is 17.2 Å². The van der Waals surface area contributed by atoms with Crippen LogP contribution >= 0.6 is 11.6 Å². The van der Waals surface area contributed by atoms with Gasteiger partial charge >= 0.3 is 5.97 Å². The van der Waals surface area contributed by atoms with E-state index in [1.165, 1.54) is 26.0 Å². The zero-order valence-electron chi connectivity index (χ0n) is 30.6. The van der Waals surface area contributed by atoms with Crippen LogP contribution in [0.3, 0.4) is 0 Å². The Morgan fingerprint density at radius 1 is 1.02 bits per heavy atom. The summed E-state index contributed by atoms with van der Waals surface area (Å²) in [5.74, 6) is 0.375. The Hall–Kier alpha value is -4.70. The van der Waals surface area contributed by atoms with Crippen LogP contribution in [-0.4, -0.2) is 74.7 Å². The number of rotatable bonds is 17. The number of aliphatic hydroxyl groups is 2. The number of benzene rings is 3. The fraction of sp³-hybridized carbons (Fsp3) is 0.405. The van der Waals surface area contributed by atoms with E-state index in [1.54, 1.807) is 24.4 Å². The van der Waals surface area contributed by atoms with E-state index in [0.717, 1.165) is 53.8 Å². The third kappa shape index (κ3) is 9.32. The van der Waals surface area contributed by atoms with Crippen LogP contribution in [0.2, 0.25) is 5.02 Å². The van der Waals surface area contributed by atoms with E-state index >= 15 is 0 Å². The molecule has 2 aliphatic rings. The number of nitrogens with one attached hydrogen (secondary N) is 1. The lowest BCUT2D eigenvalue weighted by atomic mass is 9.96. The smallest absolute Gasteiger partial charge is 0.326 e. The van der Waals surface area contributed by atoms with Crippen LogP contribution in [0, 0.1) is 18.3 Å². The molecule has 11 nitrogen and oxygen atoms in total. The zero-order chi connectivity index (χ0) is 38.2. The van der Waals surface area contributed by atoms with Gasteiger partial charge in [0.15, 0.2) is 0 Å². The molecule has 4 aromatic rings. The van der Waals surface area contributed by atoms with Crippen molar-refractivity contribution in [1.82, 2.24) is 15.2 Å². The summed E-state index contributed by atoms with van der Waals surface area (Å²) in [6.45, 7) is 4.77. The molecule has 4 N–H and O–H groups in total. The number of nitriles is 1. The minimum Gasteiger partial charge on any atom is -0.494 e. The molecule has 0 amide bonds. The van der Waals surface area contributed by atoms with Gasteiger partial charge in [0.05, 0.1) is 29.9 Å². The fourth-order valence-corrected chi connectivity index (χ4v) is 7.59. The number of pyridine rings is 1. The van der Waals surface area contributed by atoms with Crippen molar-refractivity contribution in [2.24, 2.45) is 0 Å². The molecule has 1 aromatic heterocycles. The van der Waals surface area contributed by atoms with Crippen molar-refractivity contribution < 1.29 is 34.3 Å². The minimum atomic E-state index is -1.59. The van der Waals surface area contributed by atoms with Crippen LogP contribution in [-0.2, 0) is 24.6 Å². The van der Waals surface area contributed by atoms with Crippen molar-refractivity contribution in [2.75, 3.05) is 19.8 Å². The number of carboxylic acids is 1. The lowest BCUT2D eigenvalue weighted by molar-refractivity contribution is -0.145. The molecule has 0 saturated carbocycles. The lowest BCUT2D eigenvalue weighted by Crippen LogP contribution is -2.52. The number of carboxylic acid groups (broad SMARTS) is 1. The molecule has 2 unspecified atom stereocenters. The van der Waals surface area contributed by atoms with Gasteiger partial charge in [-0.1, -0.05) is 41.9 Å². The third-order valence-electron chi connectivity index (χ3n) is 10.6. The molecule has 54 heavy (non-hydrogen) atoms. The second-order valence-corrected chi connectivity index (χ2v) is 14.8. The molecule has 2 saturated heterocycles. The van der Waals surface area contributed by atoms with Gasteiger partial charge in [0.25, 0.3) is 0 Å². The van der Waals surface area contributed by atoms with Gasteiger partial charge in [0, 0.05) is 54.8 Å². The van der Waals surface area contributed by atoms with Crippen molar-refractivity contribution in [2.45, 2.75) is 89.4 Å². The maximum absolute atomic E-state index is 11.8. The number of fused-ring (bicyclic) bond motifs is 2. The molecule has 2 fully saturated rings. The number of aromatic nitrogens is 1. The molecule has 12 heteroatoms. The number of ether oxygens (including phenoxy) is 3. The van der Waals surface area contributed by atoms with Crippen molar-refractivity contribution >= 4 is 17.6 Å². The van der Waals surface area contributed by atoms with E-state index in [-0.39, 0.29) is 25.9 Å². The first-order chi connectivity index (χ1) is 26.1. The summed E-state index contributed by atoms with van der Waals surface area (Å²) in [5, 5.41) is 42.0. The van der Waals surface area contributed by atoms with Crippen LogP contribution in [0.4, 0.5) is 0 Å². The van der Waals surface area contributed by atoms with Crippen LogP contribution in [0.25, 0.3) is 11.1 Å². The van der Waals surface area contributed by atoms with Crippen LogP contribution < -0.4 is 19.5 Å². The monoisotopic (exact) mass is 754 g/mol. The summed E-state index contributed by atoms with van der Waals surface area (Å²) in [6, 6.07) is 22.3. The lowest BCUT2D eigenvalue weighted by Gasteiger charge is -2.37. The fourth-order valence-electron chi connectivity index (χ4n) is 7.35. The molecule has 0 radical (unpaired) electrons. The number of aliphatic hydroxyl groups excluding tert-OH is 2. The molecule has 0 aliphatic carbocycles. The van der Waals surface area contributed by atoms with E-state index in [1.807, 2.05) is 24.3 Å². The summed E-state index contributed by atoms with van der Waals surface area (Å²) in [5.41, 5.74) is 4.13. The summed E-state index contributed by atoms with van der Waals surface area (Å²) in [4.78, 5) is 18.5. The molecule has 3 heterocycles. The maximum atomic E-state index is 11.8. The summed E-state index contributed by atoms with van der Waals surface area (Å²) in [7, 11) is 0. The Labute approximate surface area is 321 Å². The predicted octanol–water partition coefficient (Wildman–Crippen LogP) is 6.42. The van der Waals surface area contributed by atoms with Gasteiger partial charge in [-0.15, -0.1) is 0 Å². The SMILES string of the molecule is Cc1c(COc2cc(OCc3cncc(C#N)c3)c(CNC(C)(CO)C(=O)O)cc2Cl)cccc1-c1cccc(OCCCN2[C@@H]3CC[C@H]2CC(O)C3)c1. The third-order valence-corrected chi connectivity index (χ3v) is 10.8. The van der Waals surface area contributed by atoms with E-state index in [0.29, 0.717) is 51.9 Å². The Morgan fingerprint density at radius 3 is 2.52 bits per heavy atom. The van der Waals surface area contributed by atoms with Crippen molar-refractivity contribution in [3.8, 4) is 34.4 Å². The van der Waals surface area contributed by atoms with Gasteiger partial charge in [-0.3, -0.25) is 20.0 Å². The molecule has 2 bridgehead atoms. The molecule has 6 rings (SSSR count). The Kier molecular flexibility index (Phi) is 12.7. The first-order valence-corrected chi connectivity index (χ1v) is 18.7. The molecular weight excluding hydrogens is 708 g/mol. The van der Waals surface area contributed by atoms with E-state index < -0.39 is 18.1 Å². The van der Waals surface area contributed by atoms with Gasteiger partial charge in [-0.25, -0.2) is 0 Å². The normalized spacial score (nSPS) is 19.1. The summed E-state index contributed by atoms with van der Waals surface area (Å²) in [6.07, 6.45) is 7.98. The van der Waals surface area contributed by atoms with E-state index in [9.17, 15) is 25.4 Å². The second-order valence-electron chi connectivity index (χ2n) is 14.4. The van der Waals surface area contributed by atoms with Gasteiger partial charge in [-0.2, -0.15) is 5.26 Å². The maximum Gasteiger partial charge on any atom is 0.326 e. The number of hydrogen-bond acceptors (Lipinski definition) is 10. The summed E-state index contributed by atoms with van der Waals surface area (Å²) < 4.78 is 18.6. The van der Waals surface area contributed by atoms with E-state index in [4.69, 9.17) is 25.8 Å². The number of piperidine rings is 1. The highest BCUT2D eigenvalue weighted by molar-refractivity contribution is 6.32. The molecule has 284 valence electrons. The van der Waals surface area contributed by atoms with E-state index in [2.05, 4.69) is 46.4 Å². The quantitative estimate of drug-likeness (QED) is 0.0882. The van der Waals surface area contributed by atoms with Crippen molar-refractivity contribution in [1.29, 1.82) is 5.26 Å². The highest BCUT2D eigenvalue weighted by atomic mass is 35.5. The van der Waals surface area contributed by atoms with Crippen LogP contribution in [0.1, 0.15) is 66.8 Å². The molecule has 4 atom stereocenters. The van der Waals surface area contributed by atoms with Crippen molar-refractivity contribution in [3.63, 3.8) is 0 Å². The average Bonchev–Trinajstić information content (AvgIpc) is 3.42. The topological polar surface area (TPSA) is 157 Å². The Morgan fingerprint density at radius 2 is 1.78 bits per heavy atom. The second kappa shape index (κ2) is 17.6. The van der Waals surface area contributed by atoms with Gasteiger partial charge in [0.1, 0.15) is 42.1 Å². The van der Waals surface area contributed by atoms with Crippen molar-refractivity contribution in [3.05, 3.63) is 106 Å². The molecule has 2 aliphatic heterocycles. The number of halogens is 1. The van der Waals surface area contributed by atoms with Gasteiger partial charge < -0.3 is 29.5 Å². The first kappa shape index (κ1) is 39.0. The van der Waals surface area contributed by atoms with Gasteiger partial charge in [-0.05, 0) is 92.5 Å². The zero-order valence-corrected chi connectivity index (χ0v) is 31.4. The standard InChI is InChI=1S/C42H47ClN4O7/c1-27-31(7-4-9-37(27)30-6-3-8-36(15-30)52-13-5-12-47-33-10-11-34(47)18-35(49)17-33)25-54-40-19-39(53-24-29-14-28(20-44)21-45-22-29)32(16-38(40)43)23-46-42(2,26-48)41(50)51/h3-4,6-9,14-16,19,21-22,33-35,46,48-49H,5,10-13,17-18,23-26H2,1-2H3,(H,50,51)/t33-,34+,35?,42?. The van der Waals surface area contributed by atoms with Crippen LogP contribution in [0.15, 0.2) is 73.1 Å². The molecular formula is C42H47ClN4O7. The highest BCUT2D eigenvalue weighted by Crippen LogP contribution is 2.37. The Bertz CT molecular complexity index is 1970. The predicted molar refractivity (Wildman–Crippen MR) is 205 cm³/mol. The Balaban J connectivity index is 1.13. The van der Waals surface area contributed by atoms with Gasteiger partial charge in [0.2, 0.25) is 0 Å². The largest absolute Gasteiger partial charge is 0.494 e. The number of aliphatic carboxylic acids is 1.